The van der Waals surface area contributed by atoms with Crippen molar-refractivity contribution in [3.63, 3.8) is 0 Å². The number of anilines is 1. The summed E-state index contributed by atoms with van der Waals surface area (Å²) in [4.78, 5) is 14.2. The number of rotatable bonds is 8. The van der Waals surface area contributed by atoms with Gasteiger partial charge in [-0.2, -0.15) is 0 Å². The van der Waals surface area contributed by atoms with Crippen molar-refractivity contribution in [2.45, 2.75) is 20.0 Å². The van der Waals surface area contributed by atoms with Gasteiger partial charge in [0.25, 0.3) is 0 Å². The molecule has 1 aliphatic rings. The van der Waals surface area contributed by atoms with Crippen molar-refractivity contribution in [1.29, 1.82) is 0 Å². The Kier molecular flexibility index (Phi) is 9.31. The molecule has 0 amide bonds. The normalized spacial score (nSPS) is 14.5. The Bertz CT molecular complexity index is 961. The van der Waals surface area contributed by atoms with Gasteiger partial charge in [0.2, 0.25) is 10.0 Å². The topological polar surface area (TPSA) is 79.0 Å². The van der Waals surface area contributed by atoms with Crippen molar-refractivity contribution in [2.24, 2.45) is 0 Å². The van der Waals surface area contributed by atoms with E-state index in [4.69, 9.17) is 4.74 Å². The maximum absolute atomic E-state index is 12.8. The van der Waals surface area contributed by atoms with E-state index >= 15 is 0 Å². The van der Waals surface area contributed by atoms with Gasteiger partial charge in [0.1, 0.15) is 0 Å². The minimum absolute atomic E-state index is 0. The molecule has 0 atom stereocenters. The zero-order chi connectivity index (χ0) is 21.6. The third-order valence-corrected chi connectivity index (χ3v) is 6.96. The van der Waals surface area contributed by atoms with Gasteiger partial charge in [-0.15, -0.1) is 12.4 Å². The standard InChI is InChI=1S/C22H29N3O4S.ClH/c1-3-30(27,28)25(17-19-5-4-6-20(15-19)22(26)29-2)21-9-7-18(8-10-21)16-24-13-11-23-12-14-24;/h4-10,15,23H,3,11-14,16-17H2,1-2H3;1H. The lowest BCUT2D eigenvalue weighted by Crippen LogP contribution is -2.42. The number of sulfonamides is 1. The number of methoxy groups -OCH3 is 1. The van der Waals surface area contributed by atoms with Crippen molar-refractivity contribution in [3.8, 4) is 0 Å². The quantitative estimate of drug-likeness (QED) is 0.601. The SMILES string of the molecule is CCS(=O)(=O)N(Cc1cccc(C(=O)OC)c1)c1ccc(CN2CCNCC2)cc1.Cl. The molecule has 1 N–H and O–H groups in total. The van der Waals surface area contributed by atoms with Crippen LogP contribution in [-0.2, 0) is 27.8 Å². The van der Waals surface area contributed by atoms with Crippen LogP contribution in [0.25, 0.3) is 0 Å². The first-order valence-electron chi connectivity index (χ1n) is 10.1. The van der Waals surface area contributed by atoms with Gasteiger partial charge < -0.3 is 10.1 Å². The number of benzene rings is 2. The molecule has 2 aromatic carbocycles. The number of nitrogens with zero attached hydrogens (tertiary/aromatic N) is 2. The van der Waals surface area contributed by atoms with E-state index in [0.717, 1.165) is 43.9 Å². The van der Waals surface area contributed by atoms with Gasteiger partial charge in [-0.1, -0.05) is 24.3 Å². The van der Waals surface area contributed by atoms with Gasteiger partial charge in [-0.25, -0.2) is 13.2 Å². The van der Waals surface area contributed by atoms with E-state index in [0.29, 0.717) is 11.3 Å². The summed E-state index contributed by atoms with van der Waals surface area (Å²) in [5, 5.41) is 3.34. The molecule has 170 valence electrons. The van der Waals surface area contributed by atoms with E-state index in [1.54, 1.807) is 25.1 Å². The highest BCUT2D eigenvalue weighted by Gasteiger charge is 2.22. The van der Waals surface area contributed by atoms with Crippen molar-refractivity contribution < 1.29 is 17.9 Å². The fraction of sp³-hybridized carbons (Fsp3) is 0.409. The molecular weight excluding hydrogens is 438 g/mol. The molecule has 0 unspecified atom stereocenters. The average molecular weight is 468 g/mol. The van der Waals surface area contributed by atoms with Crippen LogP contribution in [0.5, 0.6) is 0 Å². The zero-order valence-corrected chi connectivity index (χ0v) is 19.5. The van der Waals surface area contributed by atoms with E-state index in [9.17, 15) is 13.2 Å². The third-order valence-electron chi connectivity index (χ3n) is 5.21. The van der Waals surface area contributed by atoms with Crippen molar-refractivity contribution in [2.75, 3.05) is 43.3 Å². The number of hydrogen-bond donors (Lipinski definition) is 1. The highest BCUT2D eigenvalue weighted by atomic mass is 35.5. The molecule has 0 aromatic heterocycles. The Morgan fingerprint density at radius 3 is 2.39 bits per heavy atom. The molecular formula is C22H30ClN3O4S. The van der Waals surface area contributed by atoms with Crippen LogP contribution in [0.4, 0.5) is 5.69 Å². The molecule has 31 heavy (non-hydrogen) atoms. The number of nitrogens with one attached hydrogen (secondary N) is 1. The zero-order valence-electron chi connectivity index (χ0n) is 17.9. The van der Waals surface area contributed by atoms with Crippen LogP contribution in [0.2, 0.25) is 0 Å². The largest absolute Gasteiger partial charge is 0.465 e. The predicted octanol–water partition coefficient (Wildman–Crippen LogP) is 2.66. The molecule has 1 saturated heterocycles. The number of ether oxygens (including phenoxy) is 1. The molecule has 1 aliphatic heterocycles. The first-order chi connectivity index (χ1) is 14.4. The fourth-order valence-electron chi connectivity index (χ4n) is 3.48. The lowest BCUT2D eigenvalue weighted by atomic mass is 10.1. The number of esters is 1. The van der Waals surface area contributed by atoms with Gasteiger partial charge >= 0.3 is 5.97 Å². The van der Waals surface area contributed by atoms with Gasteiger partial charge in [0.05, 0.1) is 30.7 Å². The van der Waals surface area contributed by atoms with Crippen molar-refractivity contribution in [3.05, 3.63) is 65.2 Å². The van der Waals surface area contributed by atoms with Gasteiger partial charge in [-0.3, -0.25) is 9.21 Å². The van der Waals surface area contributed by atoms with Crippen LogP contribution in [0, 0.1) is 0 Å². The van der Waals surface area contributed by atoms with Crippen LogP contribution < -0.4 is 9.62 Å². The summed E-state index contributed by atoms with van der Waals surface area (Å²) in [5.41, 5.74) is 2.89. The molecule has 0 aliphatic carbocycles. The molecule has 0 saturated carbocycles. The van der Waals surface area contributed by atoms with Crippen LogP contribution in [-0.4, -0.2) is 58.3 Å². The van der Waals surface area contributed by atoms with E-state index in [1.807, 2.05) is 30.3 Å². The summed E-state index contributed by atoms with van der Waals surface area (Å²) >= 11 is 0. The smallest absolute Gasteiger partial charge is 0.337 e. The summed E-state index contributed by atoms with van der Waals surface area (Å²) in [5.74, 6) is -0.453. The number of hydrogen-bond acceptors (Lipinski definition) is 6. The average Bonchev–Trinajstić information content (AvgIpc) is 2.78. The first-order valence-corrected chi connectivity index (χ1v) is 11.7. The molecule has 0 radical (unpaired) electrons. The van der Waals surface area contributed by atoms with Crippen LogP contribution in [0.3, 0.4) is 0 Å². The minimum Gasteiger partial charge on any atom is -0.465 e. The lowest BCUT2D eigenvalue weighted by Gasteiger charge is -2.28. The summed E-state index contributed by atoms with van der Waals surface area (Å²) in [7, 11) is -2.17. The summed E-state index contributed by atoms with van der Waals surface area (Å²) in [6.45, 7) is 6.63. The highest BCUT2D eigenvalue weighted by Crippen LogP contribution is 2.23. The van der Waals surface area contributed by atoms with Crippen LogP contribution >= 0.6 is 12.4 Å². The van der Waals surface area contributed by atoms with Crippen molar-refractivity contribution in [1.82, 2.24) is 10.2 Å². The van der Waals surface area contributed by atoms with E-state index < -0.39 is 16.0 Å². The number of piperazine rings is 1. The van der Waals surface area contributed by atoms with Gasteiger partial charge in [-0.05, 0) is 42.3 Å². The second-order valence-corrected chi connectivity index (χ2v) is 9.47. The summed E-state index contributed by atoms with van der Waals surface area (Å²) < 4.78 is 31.8. The molecule has 9 heteroatoms. The molecule has 2 aromatic rings. The maximum atomic E-state index is 12.8. The van der Waals surface area contributed by atoms with Gasteiger partial charge in [0.15, 0.2) is 0 Å². The predicted molar refractivity (Wildman–Crippen MR) is 125 cm³/mol. The molecule has 1 fully saturated rings. The van der Waals surface area contributed by atoms with E-state index in [1.165, 1.54) is 11.4 Å². The second kappa shape index (κ2) is 11.5. The van der Waals surface area contributed by atoms with Crippen molar-refractivity contribution >= 4 is 34.1 Å². The lowest BCUT2D eigenvalue weighted by molar-refractivity contribution is 0.0600. The Balaban J connectivity index is 0.00000341. The van der Waals surface area contributed by atoms with Gasteiger partial charge in [0, 0.05) is 32.7 Å². The minimum atomic E-state index is -3.49. The Hall–Kier alpha value is -2.13. The number of carbonyl (C=O) groups excluding carboxylic acids is 1. The second-order valence-electron chi connectivity index (χ2n) is 7.29. The molecule has 7 nitrogen and oxygen atoms in total. The molecule has 0 spiro atoms. The maximum Gasteiger partial charge on any atom is 0.337 e. The summed E-state index contributed by atoms with van der Waals surface area (Å²) in [6.07, 6.45) is 0. The Labute approximate surface area is 190 Å². The Morgan fingerprint density at radius 2 is 1.77 bits per heavy atom. The monoisotopic (exact) mass is 467 g/mol. The molecule has 3 rings (SSSR count). The van der Waals surface area contributed by atoms with Crippen LogP contribution in [0.1, 0.15) is 28.4 Å². The Morgan fingerprint density at radius 1 is 1.10 bits per heavy atom. The molecule has 1 heterocycles. The first kappa shape index (κ1) is 25.1. The third kappa shape index (κ3) is 6.67. The fourth-order valence-corrected chi connectivity index (χ4v) is 4.58. The van der Waals surface area contributed by atoms with Crippen LogP contribution in [0.15, 0.2) is 48.5 Å². The summed E-state index contributed by atoms with van der Waals surface area (Å²) in [6, 6.07) is 14.5. The van der Waals surface area contributed by atoms with E-state index in [-0.39, 0.29) is 24.7 Å². The highest BCUT2D eigenvalue weighted by molar-refractivity contribution is 7.92. The number of carbonyl (C=O) groups is 1. The number of halogens is 1. The molecule has 0 bridgehead atoms. The van der Waals surface area contributed by atoms with E-state index in [2.05, 4.69) is 10.2 Å².